The monoisotopic (exact) mass is 2100 g/mol. The molecule has 148 heavy (non-hydrogen) atoms. The predicted octanol–water partition coefficient (Wildman–Crippen LogP) is 18.3. The van der Waals surface area contributed by atoms with Crippen molar-refractivity contribution in [2.24, 2.45) is 46.3 Å². The molecular weight excluding hydrogens is 1950 g/mol. The van der Waals surface area contributed by atoms with Gasteiger partial charge in [-0.1, -0.05) is 120 Å². The van der Waals surface area contributed by atoms with Crippen LogP contribution in [-0.4, -0.2) is 164 Å². The topological polar surface area (TPSA) is 486 Å². The summed E-state index contributed by atoms with van der Waals surface area (Å²) in [5, 5.41) is -1.23. The van der Waals surface area contributed by atoms with Gasteiger partial charge in [0, 0.05) is 83.0 Å². The Hall–Kier alpha value is -12.2. The zero-order valence-electron chi connectivity index (χ0n) is 90.8. The van der Waals surface area contributed by atoms with E-state index in [9.17, 15) is 52.8 Å². The quantitative estimate of drug-likeness (QED) is 0.0295. The highest BCUT2D eigenvalue weighted by Gasteiger charge is 2.49. The smallest absolute Gasteiger partial charge is 0.281 e. The van der Waals surface area contributed by atoms with Gasteiger partial charge in [0.05, 0.1) is 39.7 Å². The van der Waals surface area contributed by atoms with Gasteiger partial charge in [-0.3, -0.25) is 19.2 Å². The number of ether oxygens (including phenoxy) is 1. The van der Waals surface area contributed by atoms with Gasteiger partial charge in [0.1, 0.15) is 58.1 Å². The molecule has 7 fully saturated rings. The van der Waals surface area contributed by atoms with E-state index in [0.29, 0.717) is 82.4 Å². The van der Waals surface area contributed by atoms with E-state index < -0.39 is 63.7 Å². The number of anilines is 9. The summed E-state index contributed by atoms with van der Waals surface area (Å²) in [6.07, 6.45) is 15.7. The standard InChI is InChI=1S/C28H35N5O4S.C28H41N5O3S.C27H40N6O3S.C27H37N5O3S/c1-17(2)37-21-13-18(3)12-20(14-21)23-11-10-22(26(30-23)33-16-19(4)15-28(33,5)6)27(34)32-38(35,36)25-9-7-8-24(29)31-25;1-18-16-28(5,6)33(17-18)25-21(26(34)32-37(35,36)24-9-7-8-23(29)31-24)14-15-22(30-25)19-10-12-20(13-11-19)27(2,3)4;1-17-13-26(5,6)32(14-17)23-19(24(34)31-37(35,36)21-11-9-10-20(28)29-21)12-18(2)22(30-23)33-16-25(3,4)15-27(33,7)8;1-17-15-27(5,6)32(16-17)24-20(25(33)31-36(34,35)22-9-7-8-21(28)29-22)14-19(13-12-18-10-11-18)23(30-24)26(2,3)4/h7-14,17,19H,15-16H2,1-6H3,(H2,29,31)(H,32,34);7-9,14-15,18-20H,10-13,16-17H2,1-6H3,(H2,29,31)(H,32,34);9-12,17H,13-16H2,1-8H3,(H2,28,29)(H,31,34);7-9,12-14,17-18H,10-11,15-16H2,1-6H3,(H2,28,29)(H,31,33)/b;;;13-12+/t19-;18-,19?,20?;2*17-/m0000/s1. The van der Waals surface area contributed by atoms with Gasteiger partial charge >= 0.3 is 0 Å². The average molecular weight is 2110 g/mol. The minimum Gasteiger partial charge on any atom is -0.491 e. The fraction of sp³-hybridized carbons (Fsp3) is 0.527. The van der Waals surface area contributed by atoms with Gasteiger partial charge in [0.15, 0.2) is 20.1 Å². The Kier molecular flexibility index (Phi) is 32.6. The van der Waals surface area contributed by atoms with Crippen LogP contribution in [-0.2, 0) is 45.5 Å². The predicted molar refractivity (Wildman–Crippen MR) is 586 cm³/mol. The van der Waals surface area contributed by atoms with Crippen molar-refractivity contribution in [2.75, 3.05) is 80.2 Å². The van der Waals surface area contributed by atoms with E-state index in [1.54, 1.807) is 30.3 Å². The van der Waals surface area contributed by atoms with Gasteiger partial charge < -0.3 is 52.2 Å². The molecule has 5 aliphatic heterocycles. The van der Waals surface area contributed by atoms with Crippen molar-refractivity contribution < 1.29 is 57.6 Å². The van der Waals surface area contributed by atoms with Gasteiger partial charge in [0.25, 0.3) is 63.7 Å². The number of carbonyl (C=O) groups is 4. The van der Waals surface area contributed by atoms with Gasteiger partial charge in [-0.25, -0.2) is 58.8 Å². The van der Waals surface area contributed by atoms with Crippen LogP contribution in [0.25, 0.3) is 17.3 Å². The Balaban J connectivity index is 0.000000165. The van der Waals surface area contributed by atoms with E-state index in [2.05, 4.69) is 222 Å². The number of nitrogen functional groups attached to an aromatic ring is 4. The molecule has 34 nitrogen and oxygen atoms in total. The SMILES string of the molecule is C[C@@H]1CN(c2nc(C(C)(C)C)c(/C=C/C3CC3)cc2C(=O)NS(=O)(=O)c2cccc(N)n2)C(C)(C)C1.C[C@@H]1CN(c2nc(C3CCC(C(C)(C)C)CC3)ccc2C(=O)NS(=O)(=O)c2cccc(N)n2)C(C)(C)C1.Cc1cc(C(=O)NS(=O)(=O)c2cccc(N)n2)c(N2C[C@@H](C)CC2(C)C)nc1N1CC(C)(C)CC1(C)C.Cc1cc(OC(C)C)cc(-c2ccc(C(=O)NS(=O)(=O)c3cccc(N)n3)c(N3C[C@@H](C)CC3(C)C)n2)c1. The molecule has 13 heterocycles. The molecule has 8 aromatic heterocycles. The molecule has 0 spiro atoms. The maximum atomic E-state index is 13.6. The molecule has 5 saturated heterocycles. The molecule has 0 radical (unpaired) electrons. The molecule has 4 atom stereocenters. The van der Waals surface area contributed by atoms with Crippen molar-refractivity contribution in [1.29, 1.82) is 0 Å². The third kappa shape index (κ3) is 26.8. The number of nitrogens with one attached hydrogen (secondary N) is 4. The lowest BCUT2D eigenvalue weighted by atomic mass is 9.69. The van der Waals surface area contributed by atoms with Gasteiger partial charge in [-0.15, -0.1) is 0 Å². The minimum atomic E-state index is -4.25. The third-order valence-electron chi connectivity index (χ3n) is 28.7. The summed E-state index contributed by atoms with van der Waals surface area (Å²) < 4.78 is 118. The fourth-order valence-electron chi connectivity index (χ4n) is 22.3. The van der Waals surface area contributed by atoms with Crippen molar-refractivity contribution in [1.82, 2.24) is 58.8 Å². The number of pyridine rings is 8. The van der Waals surface area contributed by atoms with Gasteiger partial charge in [-0.2, -0.15) is 33.7 Å². The zero-order valence-corrected chi connectivity index (χ0v) is 94.0. The number of nitrogens with two attached hydrogens (primary N) is 4. The van der Waals surface area contributed by atoms with E-state index >= 15 is 0 Å². The van der Waals surface area contributed by atoms with Crippen molar-refractivity contribution in [3.05, 3.63) is 184 Å². The number of carbonyl (C=O) groups excluding carboxylic acids is 4. The molecule has 12 N–H and O–H groups in total. The van der Waals surface area contributed by atoms with Crippen LogP contribution in [0.5, 0.6) is 5.75 Å². The van der Waals surface area contributed by atoms with Crippen LogP contribution in [0.15, 0.2) is 154 Å². The number of hydrogen-bond acceptors (Lipinski definition) is 30. The van der Waals surface area contributed by atoms with Crippen LogP contribution in [0.4, 0.5) is 52.4 Å². The molecule has 2 aliphatic carbocycles. The molecule has 38 heteroatoms. The zero-order chi connectivity index (χ0) is 109. The first kappa shape index (κ1) is 113. The molecule has 7 aliphatic rings. The number of amides is 4. The van der Waals surface area contributed by atoms with Crippen LogP contribution in [0.2, 0.25) is 0 Å². The number of hydrogen-bond donors (Lipinski definition) is 8. The number of nitrogens with zero attached hydrogens (tertiary/aromatic N) is 13. The highest BCUT2D eigenvalue weighted by Crippen LogP contribution is 2.50. The van der Waals surface area contributed by atoms with Crippen LogP contribution < -0.4 is 71.1 Å². The van der Waals surface area contributed by atoms with Crippen molar-refractivity contribution in [2.45, 2.75) is 316 Å². The first-order chi connectivity index (χ1) is 68.5. The highest BCUT2D eigenvalue weighted by molar-refractivity contribution is 7.91. The molecule has 4 amide bonds. The Labute approximate surface area is 875 Å². The Morgan fingerprint density at radius 2 is 0.791 bits per heavy atom. The normalized spacial score (nSPS) is 20.9. The van der Waals surface area contributed by atoms with E-state index in [4.69, 9.17) is 47.6 Å². The Bertz CT molecular complexity index is 7030. The Morgan fingerprint density at radius 3 is 1.14 bits per heavy atom. The number of sulfonamides is 4. The first-order valence-electron chi connectivity index (χ1n) is 51.1. The number of allylic oxidation sites excluding steroid dienone is 1. The average Bonchev–Trinajstić information content (AvgIpc) is 1.54. The third-order valence-corrected chi connectivity index (χ3v) is 33.6. The van der Waals surface area contributed by atoms with Crippen LogP contribution >= 0.6 is 0 Å². The summed E-state index contributed by atoms with van der Waals surface area (Å²) in [7, 11) is -16.9. The van der Waals surface area contributed by atoms with Crippen LogP contribution in [0.1, 0.15) is 312 Å². The van der Waals surface area contributed by atoms with Crippen LogP contribution in [0.3, 0.4) is 0 Å². The summed E-state index contributed by atoms with van der Waals surface area (Å²) in [4.78, 5) is 101. The summed E-state index contributed by atoms with van der Waals surface area (Å²) >= 11 is 0. The number of aryl methyl sites for hydroxylation is 2. The minimum absolute atomic E-state index is 0.0162. The second-order valence-electron chi connectivity index (χ2n) is 48.0. The summed E-state index contributed by atoms with van der Waals surface area (Å²) in [6, 6.07) is 33.5. The van der Waals surface area contributed by atoms with E-state index in [0.717, 1.165) is 142 Å². The molecule has 0 unspecified atom stereocenters. The fourth-order valence-corrected chi connectivity index (χ4v) is 26.1. The van der Waals surface area contributed by atoms with Gasteiger partial charge in [-0.05, 0) is 334 Å². The molecule has 9 aromatic rings. The second-order valence-corrected chi connectivity index (χ2v) is 54.6. The van der Waals surface area contributed by atoms with E-state index in [-0.39, 0.29) is 110 Å². The maximum absolute atomic E-state index is 13.6. The molecule has 2 saturated carbocycles. The maximum Gasteiger partial charge on any atom is 0.281 e. The Morgan fingerprint density at radius 1 is 0.419 bits per heavy atom. The second kappa shape index (κ2) is 42.7. The molecule has 800 valence electrons. The van der Waals surface area contributed by atoms with E-state index in [1.807, 2.05) is 58.0 Å². The van der Waals surface area contributed by atoms with Crippen LogP contribution in [0, 0.1) is 60.2 Å². The lowest BCUT2D eigenvalue weighted by molar-refractivity contribution is 0.0972. The lowest BCUT2D eigenvalue weighted by Gasteiger charge is -2.37. The molecular formula is C110H153N21O13S4. The molecule has 1 aromatic carbocycles. The first-order valence-corrected chi connectivity index (χ1v) is 57.1. The summed E-state index contributed by atoms with van der Waals surface area (Å²) in [6.45, 7) is 59.5. The van der Waals surface area contributed by atoms with E-state index in [1.165, 1.54) is 72.8 Å². The highest BCUT2D eigenvalue weighted by atomic mass is 32.2. The van der Waals surface area contributed by atoms with Crippen molar-refractivity contribution in [3.8, 4) is 17.0 Å². The number of rotatable bonds is 23. The lowest BCUT2D eigenvalue weighted by Crippen LogP contribution is -2.43. The molecule has 0 bridgehead atoms. The van der Waals surface area contributed by atoms with Crippen molar-refractivity contribution in [3.63, 3.8) is 0 Å². The summed E-state index contributed by atoms with van der Waals surface area (Å²) in [5.41, 5.74) is 28.6. The number of aromatic nitrogens is 8. The largest absolute Gasteiger partial charge is 0.491 e. The number of benzene rings is 1. The van der Waals surface area contributed by atoms with Gasteiger partial charge in [0.2, 0.25) is 0 Å². The summed E-state index contributed by atoms with van der Waals surface area (Å²) in [5.74, 6) is 3.98. The molecule has 16 rings (SSSR count). The van der Waals surface area contributed by atoms with Crippen molar-refractivity contribution >= 4 is 122 Å².